The number of fused-ring (bicyclic) bond motifs is 2. The van der Waals surface area contributed by atoms with Gasteiger partial charge in [-0.3, -0.25) is 9.59 Å². The van der Waals surface area contributed by atoms with Gasteiger partial charge in [0.2, 0.25) is 0 Å². The van der Waals surface area contributed by atoms with Crippen molar-refractivity contribution in [2.45, 2.75) is 0 Å². The van der Waals surface area contributed by atoms with E-state index in [2.05, 4.69) is 0 Å². The average molecular weight is 234 g/mol. The lowest BCUT2D eigenvalue weighted by Crippen LogP contribution is -1.98. The Hall–Kier alpha value is -2.48. The van der Waals surface area contributed by atoms with Crippen LogP contribution in [0.5, 0.6) is 0 Å². The predicted octanol–water partition coefficient (Wildman–Crippen LogP) is 3.17. The minimum absolute atomic E-state index is 0.00282. The Labute approximate surface area is 103 Å². The second kappa shape index (κ2) is 4.08. The van der Waals surface area contributed by atoms with Crippen LogP contribution in [0.2, 0.25) is 0 Å². The van der Waals surface area contributed by atoms with Gasteiger partial charge in [-0.1, -0.05) is 42.5 Å². The van der Waals surface area contributed by atoms with Gasteiger partial charge in [-0.15, -0.1) is 0 Å². The van der Waals surface area contributed by atoms with E-state index >= 15 is 0 Å². The van der Waals surface area contributed by atoms with Gasteiger partial charge in [0, 0.05) is 16.3 Å². The summed E-state index contributed by atoms with van der Waals surface area (Å²) in [5.74, 6) is 0. The molecule has 3 rings (SSSR count). The topological polar surface area (TPSA) is 34.1 Å². The summed E-state index contributed by atoms with van der Waals surface area (Å²) in [5, 5.41) is 3.04. The van der Waals surface area contributed by atoms with Crippen molar-refractivity contribution in [3.63, 3.8) is 0 Å². The monoisotopic (exact) mass is 234 g/mol. The van der Waals surface area contributed by atoms with Crippen LogP contribution in [0, 0.1) is 0 Å². The van der Waals surface area contributed by atoms with Crippen LogP contribution in [-0.4, -0.2) is 6.29 Å². The molecule has 0 aromatic heterocycles. The molecule has 0 heterocycles. The summed E-state index contributed by atoms with van der Waals surface area (Å²) in [6.07, 6.45) is 0.788. The fourth-order valence-electron chi connectivity index (χ4n) is 2.17. The molecule has 0 aliphatic rings. The van der Waals surface area contributed by atoms with Crippen molar-refractivity contribution in [2.75, 3.05) is 0 Å². The minimum atomic E-state index is 0.00282. The van der Waals surface area contributed by atoms with Gasteiger partial charge in [0.15, 0.2) is 5.43 Å². The fourth-order valence-corrected chi connectivity index (χ4v) is 2.17. The Morgan fingerprint density at radius 2 is 1.50 bits per heavy atom. The Morgan fingerprint density at radius 3 is 2.33 bits per heavy atom. The number of benzene rings is 2. The summed E-state index contributed by atoms with van der Waals surface area (Å²) in [6.45, 7) is 0. The van der Waals surface area contributed by atoms with E-state index in [-0.39, 0.29) is 5.43 Å². The van der Waals surface area contributed by atoms with E-state index < -0.39 is 0 Å². The van der Waals surface area contributed by atoms with E-state index in [0.29, 0.717) is 16.3 Å². The standard InChI is InChI=1S/C16H10O2/c17-10-11-5-8-15-13(9-11)7-6-12-3-1-2-4-14(12)16(15)18/h1-10H. The molecule has 3 aromatic rings. The van der Waals surface area contributed by atoms with Gasteiger partial charge in [0.1, 0.15) is 6.29 Å². The Balaban J connectivity index is 2.57. The molecule has 0 N–H and O–H groups in total. The third kappa shape index (κ3) is 1.59. The maximum Gasteiger partial charge on any atom is 0.194 e. The smallest absolute Gasteiger partial charge is 0.194 e. The number of hydrogen-bond acceptors (Lipinski definition) is 2. The molecule has 0 fully saturated rings. The van der Waals surface area contributed by atoms with Crippen molar-refractivity contribution in [1.29, 1.82) is 0 Å². The molecule has 0 amide bonds. The second-order valence-electron chi connectivity index (χ2n) is 4.21. The van der Waals surface area contributed by atoms with Gasteiger partial charge >= 0.3 is 0 Å². The predicted molar refractivity (Wildman–Crippen MR) is 73.1 cm³/mol. The summed E-state index contributed by atoms with van der Waals surface area (Å²) >= 11 is 0. The molecule has 0 aliphatic heterocycles. The van der Waals surface area contributed by atoms with Crippen molar-refractivity contribution in [3.8, 4) is 0 Å². The maximum atomic E-state index is 12.4. The molecule has 0 aliphatic carbocycles. The molecule has 2 heteroatoms. The zero-order chi connectivity index (χ0) is 12.5. The zero-order valence-corrected chi connectivity index (χ0v) is 9.59. The molecule has 18 heavy (non-hydrogen) atoms. The third-order valence-corrected chi connectivity index (χ3v) is 3.10. The molecule has 2 nitrogen and oxygen atoms in total. The van der Waals surface area contributed by atoms with Gasteiger partial charge in [0.25, 0.3) is 0 Å². The van der Waals surface area contributed by atoms with E-state index in [0.717, 1.165) is 17.1 Å². The number of rotatable bonds is 1. The molecule has 0 bridgehead atoms. The molecule has 0 unspecified atom stereocenters. The van der Waals surface area contributed by atoms with Crippen LogP contribution in [0.25, 0.3) is 21.5 Å². The zero-order valence-electron chi connectivity index (χ0n) is 9.59. The van der Waals surface area contributed by atoms with Gasteiger partial charge in [-0.2, -0.15) is 0 Å². The van der Waals surface area contributed by atoms with Crippen LogP contribution in [0.3, 0.4) is 0 Å². The lowest BCUT2D eigenvalue weighted by molar-refractivity contribution is 0.112. The Kier molecular flexibility index (Phi) is 2.41. The third-order valence-electron chi connectivity index (χ3n) is 3.10. The highest BCUT2D eigenvalue weighted by atomic mass is 16.1. The molecule has 0 radical (unpaired) electrons. The normalized spacial score (nSPS) is 10.7. The van der Waals surface area contributed by atoms with Crippen LogP contribution in [0.15, 0.2) is 59.4 Å². The molecule has 0 saturated carbocycles. The molecule has 86 valence electrons. The average Bonchev–Trinajstić information content (AvgIpc) is 2.57. The summed E-state index contributed by atoms with van der Waals surface area (Å²) in [7, 11) is 0. The minimum Gasteiger partial charge on any atom is -0.298 e. The second-order valence-corrected chi connectivity index (χ2v) is 4.21. The van der Waals surface area contributed by atoms with Gasteiger partial charge < -0.3 is 0 Å². The van der Waals surface area contributed by atoms with Crippen LogP contribution in [-0.2, 0) is 0 Å². The van der Waals surface area contributed by atoms with E-state index in [1.165, 1.54) is 0 Å². The van der Waals surface area contributed by atoms with Gasteiger partial charge in [-0.05, 0) is 22.9 Å². The van der Waals surface area contributed by atoms with Crippen LogP contribution in [0.1, 0.15) is 10.4 Å². The van der Waals surface area contributed by atoms with Gasteiger partial charge in [0.05, 0.1) is 0 Å². The van der Waals surface area contributed by atoms with Crippen LogP contribution in [0.4, 0.5) is 0 Å². The summed E-state index contributed by atoms with van der Waals surface area (Å²) < 4.78 is 0. The van der Waals surface area contributed by atoms with Gasteiger partial charge in [-0.25, -0.2) is 0 Å². The quantitative estimate of drug-likeness (QED) is 0.606. The van der Waals surface area contributed by atoms with E-state index in [1.54, 1.807) is 18.2 Å². The number of aldehydes is 1. The van der Waals surface area contributed by atoms with E-state index in [1.807, 2.05) is 36.4 Å². The molecule has 0 atom stereocenters. The Bertz CT molecular complexity index is 819. The van der Waals surface area contributed by atoms with Crippen molar-refractivity contribution >= 4 is 27.8 Å². The van der Waals surface area contributed by atoms with Crippen molar-refractivity contribution in [1.82, 2.24) is 0 Å². The first kappa shape index (κ1) is 10.7. The van der Waals surface area contributed by atoms with Crippen molar-refractivity contribution in [3.05, 3.63) is 70.4 Å². The molecule has 3 aromatic carbocycles. The summed E-state index contributed by atoms with van der Waals surface area (Å²) in [6, 6.07) is 16.4. The first-order valence-electron chi connectivity index (χ1n) is 5.70. The van der Waals surface area contributed by atoms with Crippen molar-refractivity contribution in [2.24, 2.45) is 0 Å². The molecular weight excluding hydrogens is 224 g/mol. The largest absolute Gasteiger partial charge is 0.298 e. The summed E-state index contributed by atoms with van der Waals surface area (Å²) in [5.41, 5.74) is 0.584. The number of carbonyl (C=O) groups excluding carboxylic acids is 1. The Morgan fingerprint density at radius 1 is 0.778 bits per heavy atom. The lowest BCUT2D eigenvalue weighted by Gasteiger charge is -1.93. The molecule has 0 spiro atoms. The highest BCUT2D eigenvalue weighted by Crippen LogP contribution is 2.16. The molecule has 0 saturated heterocycles. The van der Waals surface area contributed by atoms with Crippen LogP contribution >= 0.6 is 0 Å². The summed E-state index contributed by atoms with van der Waals surface area (Å²) in [4.78, 5) is 23.2. The van der Waals surface area contributed by atoms with E-state index in [4.69, 9.17) is 0 Å². The van der Waals surface area contributed by atoms with Crippen LogP contribution < -0.4 is 5.43 Å². The highest BCUT2D eigenvalue weighted by molar-refractivity contribution is 5.95. The first-order valence-corrected chi connectivity index (χ1v) is 5.70. The first-order chi connectivity index (χ1) is 8.79. The number of hydrogen-bond donors (Lipinski definition) is 0. The SMILES string of the molecule is O=Cc1ccc2c(=O)c3ccccc3ccc2c1. The lowest BCUT2D eigenvalue weighted by atomic mass is 10.1. The van der Waals surface area contributed by atoms with Crippen molar-refractivity contribution < 1.29 is 4.79 Å². The number of carbonyl (C=O) groups is 1. The maximum absolute atomic E-state index is 12.4. The highest BCUT2D eigenvalue weighted by Gasteiger charge is 2.02. The molecular formula is C16H10O2. The fraction of sp³-hybridized carbons (Fsp3) is 0. The van der Waals surface area contributed by atoms with E-state index in [9.17, 15) is 9.59 Å².